The summed E-state index contributed by atoms with van der Waals surface area (Å²) in [6.07, 6.45) is 0. The average molecular weight is 386 g/mol. The average Bonchev–Trinajstić information content (AvgIpc) is 2.86. The van der Waals surface area contributed by atoms with Crippen molar-refractivity contribution in [3.63, 3.8) is 0 Å². The third-order valence-corrected chi connectivity index (χ3v) is 5.83. The maximum absolute atomic E-state index is 12.7. The molecule has 0 bridgehead atoms. The largest absolute Gasteiger partial charge is 0.376 e. The molecule has 4 rings (SSSR count). The highest BCUT2D eigenvalue weighted by Gasteiger charge is 2.57. The minimum atomic E-state index is -0.349. The number of nitrogens with zero attached hydrogens (tertiary/aromatic N) is 2. The predicted octanol–water partition coefficient (Wildman–Crippen LogP) is 3.44. The molecule has 1 fully saturated rings. The van der Waals surface area contributed by atoms with Crippen molar-refractivity contribution in [2.24, 2.45) is 0 Å². The molecule has 4 nitrogen and oxygen atoms in total. The van der Waals surface area contributed by atoms with Crippen molar-refractivity contribution in [2.45, 2.75) is 12.1 Å². The lowest BCUT2D eigenvalue weighted by Gasteiger charge is -2.44. The van der Waals surface area contributed by atoms with Gasteiger partial charge in [0.2, 0.25) is 0 Å². The van der Waals surface area contributed by atoms with Crippen molar-refractivity contribution >= 4 is 44.8 Å². The van der Waals surface area contributed by atoms with E-state index in [1.807, 2.05) is 29.2 Å². The van der Waals surface area contributed by atoms with E-state index >= 15 is 0 Å². The van der Waals surface area contributed by atoms with Crippen molar-refractivity contribution < 1.29 is 9.53 Å². The van der Waals surface area contributed by atoms with Crippen molar-refractivity contribution in [3.8, 4) is 0 Å². The molecule has 0 N–H and O–H groups in total. The molecule has 0 atom stereocenters. The highest BCUT2D eigenvalue weighted by Crippen LogP contribution is 2.48. The maximum Gasteiger partial charge on any atom is 0.274 e. The predicted molar refractivity (Wildman–Crippen MR) is 83.6 cm³/mol. The first-order valence-corrected chi connectivity index (χ1v) is 8.40. The number of amides is 1. The fourth-order valence-corrected chi connectivity index (χ4v) is 4.65. The maximum atomic E-state index is 12.7. The van der Waals surface area contributed by atoms with Crippen molar-refractivity contribution in [1.82, 2.24) is 9.88 Å². The second-order valence-electron chi connectivity index (χ2n) is 5.19. The third kappa shape index (κ3) is 1.97. The highest BCUT2D eigenvalue weighted by molar-refractivity contribution is 9.11. The van der Waals surface area contributed by atoms with Crippen LogP contribution < -0.4 is 0 Å². The number of halogens is 2. The zero-order chi connectivity index (χ0) is 14.6. The zero-order valence-corrected chi connectivity index (χ0v) is 14.0. The van der Waals surface area contributed by atoms with E-state index in [1.54, 1.807) is 0 Å². The van der Waals surface area contributed by atoms with Gasteiger partial charge in [0.1, 0.15) is 11.2 Å². The molecular weight excluding hydrogens is 376 g/mol. The Bertz CT molecular complexity index is 744. The van der Waals surface area contributed by atoms with Crippen LogP contribution in [0.1, 0.15) is 20.9 Å². The molecule has 1 amide bonds. The Morgan fingerprint density at radius 3 is 2.95 bits per heavy atom. The first-order valence-electron chi connectivity index (χ1n) is 6.41. The molecule has 2 aliphatic rings. The molecule has 0 aliphatic carbocycles. The highest BCUT2D eigenvalue weighted by atomic mass is 79.9. The lowest BCUT2D eigenvalue weighted by Crippen LogP contribution is -2.56. The monoisotopic (exact) mass is 384 g/mol. The Balaban J connectivity index is 1.73. The van der Waals surface area contributed by atoms with Gasteiger partial charge in [-0.1, -0.05) is 23.7 Å². The summed E-state index contributed by atoms with van der Waals surface area (Å²) in [5.74, 6) is -0.0322. The van der Waals surface area contributed by atoms with E-state index in [4.69, 9.17) is 16.3 Å². The number of aromatic nitrogens is 1. The van der Waals surface area contributed by atoms with Crippen molar-refractivity contribution in [3.05, 3.63) is 49.3 Å². The molecule has 0 unspecified atom stereocenters. The summed E-state index contributed by atoms with van der Waals surface area (Å²) < 4.78 is 6.15. The van der Waals surface area contributed by atoms with Gasteiger partial charge in [-0.15, -0.1) is 11.3 Å². The topological polar surface area (TPSA) is 42.4 Å². The summed E-state index contributed by atoms with van der Waals surface area (Å²) in [7, 11) is 0. The molecule has 1 saturated heterocycles. The molecule has 7 heteroatoms. The molecule has 0 radical (unpaired) electrons. The SMILES string of the molecule is O=C1c2nc(Br)sc2C2(COC2)N1Cc1cccc(Cl)c1. The minimum absolute atomic E-state index is 0.0322. The molecule has 1 spiro atoms. The van der Waals surface area contributed by atoms with E-state index in [9.17, 15) is 4.79 Å². The van der Waals surface area contributed by atoms with E-state index in [-0.39, 0.29) is 11.4 Å². The third-order valence-electron chi connectivity index (χ3n) is 3.90. The molecule has 0 saturated carbocycles. The second-order valence-corrected chi connectivity index (χ2v) is 7.90. The van der Waals surface area contributed by atoms with Gasteiger partial charge in [-0.2, -0.15) is 0 Å². The van der Waals surface area contributed by atoms with E-state index in [0.717, 1.165) is 14.4 Å². The fourth-order valence-electron chi connectivity index (χ4n) is 2.82. The summed E-state index contributed by atoms with van der Waals surface area (Å²) in [4.78, 5) is 19.9. The summed E-state index contributed by atoms with van der Waals surface area (Å²) in [5.41, 5.74) is 1.21. The van der Waals surface area contributed by atoms with Gasteiger partial charge < -0.3 is 9.64 Å². The Morgan fingerprint density at radius 1 is 1.48 bits per heavy atom. The number of thiazole rings is 1. The first-order chi connectivity index (χ1) is 10.1. The summed E-state index contributed by atoms with van der Waals surface area (Å²) >= 11 is 10.9. The number of fused-ring (bicyclic) bond motifs is 2. The van der Waals surface area contributed by atoms with Gasteiger partial charge in [-0.05, 0) is 33.6 Å². The molecule has 21 heavy (non-hydrogen) atoms. The van der Waals surface area contributed by atoms with Crippen LogP contribution in [0.2, 0.25) is 5.02 Å². The van der Waals surface area contributed by atoms with Crippen LogP contribution in [0.4, 0.5) is 0 Å². The minimum Gasteiger partial charge on any atom is -0.376 e. The first kappa shape index (κ1) is 13.7. The molecule has 3 heterocycles. The molecule has 2 aromatic rings. The van der Waals surface area contributed by atoms with Crippen LogP contribution in [0.5, 0.6) is 0 Å². The number of carbonyl (C=O) groups excluding carboxylic acids is 1. The van der Waals surface area contributed by atoms with Crippen LogP contribution in [0.25, 0.3) is 0 Å². The van der Waals surface area contributed by atoms with Gasteiger partial charge in [0.25, 0.3) is 5.91 Å². The summed E-state index contributed by atoms with van der Waals surface area (Å²) in [6, 6.07) is 7.58. The van der Waals surface area contributed by atoms with Crippen LogP contribution in [0.15, 0.2) is 28.2 Å². The standard InChI is InChI=1S/C14H10BrClN2O2S/c15-13-17-10-11(21-13)14(6-20-7-14)18(12(10)19)5-8-2-1-3-9(16)4-8/h1-4H,5-7H2. The van der Waals surface area contributed by atoms with E-state index in [0.29, 0.717) is 30.5 Å². The number of ether oxygens (including phenoxy) is 1. The Morgan fingerprint density at radius 2 is 2.29 bits per heavy atom. The summed E-state index contributed by atoms with van der Waals surface area (Å²) in [6.45, 7) is 1.57. The Labute approximate surface area is 138 Å². The van der Waals surface area contributed by atoms with Gasteiger partial charge in [0, 0.05) is 11.6 Å². The van der Waals surface area contributed by atoms with Crippen LogP contribution in [0, 0.1) is 0 Å². The van der Waals surface area contributed by atoms with Crippen LogP contribution in [-0.4, -0.2) is 29.0 Å². The number of benzene rings is 1. The van der Waals surface area contributed by atoms with Gasteiger partial charge in [-0.25, -0.2) is 4.98 Å². The van der Waals surface area contributed by atoms with Crippen LogP contribution in [-0.2, 0) is 16.8 Å². The number of hydrogen-bond donors (Lipinski definition) is 0. The van der Waals surface area contributed by atoms with Crippen molar-refractivity contribution in [1.29, 1.82) is 0 Å². The van der Waals surface area contributed by atoms with Crippen LogP contribution in [0.3, 0.4) is 0 Å². The molecule has 1 aromatic heterocycles. The lowest BCUT2D eigenvalue weighted by molar-refractivity contribution is -0.126. The van der Waals surface area contributed by atoms with E-state index < -0.39 is 0 Å². The van der Waals surface area contributed by atoms with Gasteiger partial charge in [0.05, 0.1) is 18.1 Å². The second kappa shape index (κ2) is 4.78. The summed E-state index contributed by atoms with van der Waals surface area (Å²) in [5, 5.41) is 0.675. The number of hydrogen-bond acceptors (Lipinski definition) is 4. The molecular formula is C14H10BrClN2O2S. The van der Waals surface area contributed by atoms with E-state index in [1.165, 1.54) is 11.3 Å². The smallest absolute Gasteiger partial charge is 0.274 e. The molecule has 2 aliphatic heterocycles. The Kier molecular flexibility index (Phi) is 3.11. The van der Waals surface area contributed by atoms with Crippen LogP contribution >= 0.6 is 38.9 Å². The van der Waals surface area contributed by atoms with Gasteiger partial charge in [-0.3, -0.25) is 4.79 Å². The van der Waals surface area contributed by atoms with Gasteiger partial charge in [0.15, 0.2) is 3.92 Å². The molecule has 108 valence electrons. The quantitative estimate of drug-likeness (QED) is 0.795. The number of carbonyl (C=O) groups is 1. The Hall–Kier alpha value is -0.950. The molecule has 1 aromatic carbocycles. The normalized spacial score (nSPS) is 19.0. The van der Waals surface area contributed by atoms with Crippen molar-refractivity contribution in [2.75, 3.05) is 13.2 Å². The number of rotatable bonds is 2. The van der Waals surface area contributed by atoms with Gasteiger partial charge >= 0.3 is 0 Å². The fraction of sp³-hybridized carbons (Fsp3) is 0.286. The lowest BCUT2D eigenvalue weighted by atomic mass is 9.95. The zero-order valence-electron chi connectivity index (χ0n) is 10.8. The van der Waals surface area contributed by atoms with E-state index in [2.05, 4.69) is 20.9 Å².